The molecule has 0 saturated heterocycles. The van der Waals surface area contributed by atoms with E-state index >= 15 is 0 Å². The molecule has 1 aromatic carbocycles. The van der Waals surface area contributed by atoms with E-state index in [1.807, 2.05) is 41.1 Å². The Kier molecular flexibility index (Phi) is 2.33. The summed E-state index contributed by atoms with van der Waals surface area (Å²) >= 11 is 0. The quantitative estimate of drug-likeness (QED) is 0.782. The number of para-hydroxylation sites is 1. The summed E-state index contributed by atoms with van der Waals surface area (Å²) in [5, 5.41) is 9.47. The van der Waals surface area contributed by atoms with Gasteiger partial charge in [0.05, 0.1) is 0 Å². The van der Waals surface area contributed by atoms with Crippen LogP contribution >= 0.6 is 0 Å². The first kappa shape index (κ1) is 8.97. The highest BCUT2D eigenvalue weighted by Gasteiger charge is 2.08. The van der Waals surface area contributed by atoms with Gasteiger partial charge >= 0.3 is 0 Å². The van der Waals surface area contributed by atoms with Crippen molar-refractivity contribution in [3.8, 4) is 5.69 Å². The number of aliphatic hydroxyl groups is 1. The first-order valence-electron chi connectivity index (χ1n) is 4.56. The number of aromatic nitrogens is 2. The zero-order valence-corrected chi connectivity index (χ0v) is 7.96. The topological polar surface area (TPSA) is 38.1 Å². The fourth-order valence-electron chi connectivity index (χ4n) is 1.43. The monoisotopic (exact) mass is 188 g/mol. The molecule has 3 nitrogen and oxygen atoms in total. The summed E-state index contributed by atoms with van der Waals surface area (Å²) in [6, 6.07) is 9.84. The van der Waals surface area contributed by atoms with E-state index in [1.165, 1.54) is 0 Å². The van der Waals surface area contributed by atoms with Crippen molar-refractivity contribution in [1.82, 2.24) is 9.55 Å². The fourth-order valence-corrected chi connectivity index (χ4v) is 1.43. The van der Waals surface area contributed by atoms with Crippen LogP contribution in [0.15, 0.2) is 42.7 Å². The highest BCUT2D eigenvalue weighted by molar-refractivity contribution is 5.33. The SMILES string of the molecule is C[C@H](O)c1nccn1-c1ccccc1. The first-order chi connectivity index (χ1) is 6.79. The number of benzene rings is 1. The molecule has 3 heteroatoms. The minimum absolute atomic E-state index is 0.551. The zero-order chi connectivity index (χ0) is 9.97. The van der Waals surface area contributed by atoms with Crippen molar-refractivity contribution in [3.63, 3.8) is 0 Å². The maximum absolute atomic E-state index is 9.47. The van der Waals surface area contributed by atoms with Gasteiger partial charge in [0.15, 0.2) is 0 Å². The van der Waals surface area contributed by atoms with E-state index in [9.17, 15) is 5.11 Å². The molecule has 0 aliphatic carbocycles. The smallest absolute Gasteiger partial charge is 0.141 e. The average Bonchev–Trinajstić information content (AvgIpc) is 2.67. The highest BCUT2D eigenvalue weighted by atomic mass is 16.3. The van der Waals surface area contributed by atoms with Crippen molar-refractivity contribution < 1.29 is 5.11 Å². The number of imidazole rings is 1. The van der Waals surface area contributed by atoms with E-state index in [2.05, 4.69) is 4.98 Å². The van der Waals surface area contributed by atoms with Crippen molar-refractivity contribution in [2.45, 2.75) is 13.0 Å². The second-order valence-corrected chi connectivity index (χ2v) is 3.17. The van der Waals surface area contributed by atoms with Crippen LogP contribution in [0.25, 0.3) is 5.69 Å². The number of hydrogen-bond donors (Lipinski definition) is 1. The highest BCUT2D eigenvalue weighted by Crippen LogP contribution is 2.15. The maximum Gasteiger partial charge on any atom is 0.141 e. The normalized spacial score (nSPS) is 12.7. The molecule has 0 radical (unpaired) electrons. The molecule has 0 spiro atoms. The van der Waals surface area contributed by atoms with E-state index in [0.717, 1.165) is 5.69 Å². The van der Waals surface area contributed by atoms with Gasteiger partial charge in [-0.3, -0.25) is 0 Å². The van der Waals surface area contributed by atoms with Crippen LogP contribution in [0, 0.1) is 0 Å². The molecule has 0 bridgehead atoms. The minimum atomic E-state index is -0.551. The van der Waals surface area contributed by atoms with Gasteiger partial charge in [-0.25, -0.2) is 4.98 Å². The summed E-state index contributed by atoms with van der Waals surface area (Å²) in [6.07, 6.45) is 2.98. The van der Waals surface area contributed by atoms with Gasteiger partial charge in [0.25, 0.3) is 0 Å². The molecule has 72 valence electrons. The largest absolute Gasteiger partial charge is 0.385 e. The molecule has 0 amide bonds. The molecule has 0 aliphatic rings. The number of hydrogen-bond acceptors (Lipinski definition) is 2. The molecule has 0 fully saturated rings. The molecule has 2 aromatic rings. The van der Waals surface area contributed by atoms with Crippen molar-refractivity contribution in [3.05, 3.63) is 48.5 Å². The van der Waals surface area contributed by atoms with Gasteiger partial charge < -0.3 is 9.67 Å². The van der Waals surface area contributed by atoms with Gasteiger partial charge in [0.2, 0.25) is 0 Å². The average molecular weight is 188 g/mol. The Morgan fingerprint density at radius 2 is 2.00 bits per heavy atom. The summed E-state index contributed by atoms with van der Waals surface area (Å²) in [5.41, 5.74) is 1.01. The molecule has 0 saturated carbocycles. The summed E-state index contributed by atoms with van der Waals surface area (Å²) in [6.45, 7) is 1.71. The molecular weight excluding hydrogens is 176 g/mol. The Morgan fingerprint density at radius 3 is 2.64 bits per heavy atom. The van der Waals surface area contributed by atoms with Crippen LogP contribution in [0.1, 0.15) is 18.9 Å². The van der Waals surface area contributed by atoms with Crippen LogP contribution in [-0.4, -0.2) is 14.7 Å². The zero-order valence-electron chi connectivity index (χ0n) is 7.96. The van der Waals surface area contributed by atoms with Gasteiger partial charge in [-0.1, -0.05) is 18.2 Å². The molecule has 1 atom stereocenters. The van der Waals surface area contributed by atoms with Crippen molar-refractivity contribution >= 4 is 0 Å². The van der Waals surface area contributed by atoms with Crippen molar-refractivity contribution in [2.24, 2.45) is 0 Å². The van der Waals surface area contributed by atoms with Crippen LogP contribution in [0.3, 0.4) is 0 Å². The second kappa shape index (κ2) is 3.64. The Bertz CT molecular complexity index is 406. The van der Waals surface area contributed by atoms with Crippen molar-refractivity contribution in [2.75, 3.05) is 0 Å². The summed E-state index contributed by atoms with van der Waals surface area (Å²) < 4.78 is 1.88. The van der Waals surface area contributed by atoms with Crippen LogP contribution in [-0.2, 0) is 0 Å². The third-order valence-electron chi connectivity index (χ3n) is 2.08. The molecular formula is C11H12N2O. The Morgan fingerprint density at radius 1 is 1.29 bits per heavy atom. The summed E-state index contributed by atoms with van der Waals surface area (Å²) in [5.74, 6) is 0.663. The number of rotatable bonds is 2. The van der Waals surface area contributed by atoms with E-state index in [-0.39, 0.29) is 0 Å². The Labute approximate surface area is 82.7 Å². The lowest BCUT2D eigenvalue weighted by molar-refractivity contribution is 0.187. The van der Waals surface area contributed by atoms with E-state index in [0.29, 0.717) is 5.82 Å². The lowest BCUT2D eigenvalue weighted by Gasteiger charge is -2.08. The summed E-state index contributed by atoms with van der Waals surface area (Å²) in [7, 11) is 0. The van der Waals surface area contributed by atoms with Gasteiger partial charge in [-0.05, 0) is 19.1 Å². The fraction of sp³-hybridized carbons (Fsp3) is 0.182. The number of nitrogens with zero attached hydrogens (tertiary/aromatic N) is 2. The minimum Gasteiger partial charge on any atom is -0.385 e. The molecule has 0 unspecified atom stereocenters. The van der Waals surface area contributed by atoms with Gasteiger partial charge in [0, 0.05) is 18.1 Å². The van der Waals surface area contributed by atoms with Crippen molar-refractivity contribution in [1.29, 1.82) is 0 Å². The van der Waals surface area contributed by atoms with Crippen LogP contribution in [0.5, 0.6) is 0 Å². The molecule has 1 heterocycles. The van der Waals surface area contributed by atoms with E-state index < -0.39 is 6.10 Å². The Hall–Kier alpha value is -1.61. The lowest BCUT2D eigenvalue weighted by atomic mass is 10.3. The molecule has 1 N–H and O–H groups in total. The van der Waals surface area contributed by atoms with Gasteiger partial charge in [0.1, 0.15) is 11.9 Å². The molecule has 0 aliphatic heterocycles. The molecule has 1 aromatic heterocycles. The predicted molar refractivity (Wildman–Crippen MR) is 54.2 cm³/mol. The van der Waals surface area contributed by atoms with Gasteiger partial charge in [-0.15, -0.1) is 0 Å². The number of aliphatic hydroxyl groups excluding tert-OH is 1. The third-order valence-corrected chi connectivity index (χ3v) is 2.08. The summed E-state index contributed by atoms with van der Waals surface area (Å²) in [4.78, 5) is 4.11. The standard InChI is InChI=1S/C11H12N2O/c1-9(14)11-12-7-8-13(11)10-5-3-2-4-6-10/h2-9,14H,1H3/t9-/m0/s1. The van der Waals surface area contributed by atoms with Crippen LogP contribution in [0.2, 0.25) is 0 Å². The molecule has 14 heavy (non-hydrogen) atoms. The third kappa shape index (κ3) is 1.54. The van der Waals surface area contributed by atoms with E-state index in [1.54, 1.807) is 13.1 Å². The maximum atomic E-state index is 9.47. The van der Waals surface area contributed by atoms with E-state index in [4.69, 9.17) is 0 Å². The van der Waals surface area contributed by atoms with Crippen LogP contribution in [0.4, 0.5) is 0 Å². The van der Waals surface area contributed by atoms with Gasteiger partial charge in [-0.2, -0.15) is 0 Å². The lowest BCUT2D eigenvalue weighted by Crippen LogP contribution is -2.03. The predicted octanol–water partition coefficient (Wildman–Crippen LogP) is 1.93. The second-order valence-electron chi connectivity index (χ2n) is 3.17. The molecule has 2 rings (SSSR count). The Balaban J connectivity index is 2.47. The van der Waals surface area contributed by atoms with Crippen LogP contribution < -0.4 is 0 Å². The first-order valence-corrected chi connectivity index (χ1v) is 4.56.